The van der Waals surface area contributed by atoms with E-state index in [1.54, 1.807) is 41.3 Å². The van der Waals surface area contributed by atoms with Gasteiger partial charge in [-0.3, -0.25) is 23.3 Å². The summed E-state index contributed by atoms with van der Waals surface area (Å²) in [5.41, 5.74) is 1.25. The fourth-order valence-corrected chi connectivity index (χ4v) is 8.01. The lowest BCUT2D eigenvalue weighted by molar-refractivity contribution is -0.135. The van der Waals surface area contributed by atoms with Gasteiger partial charge in [-0.2, -0.15) is 8.42 Å². The number of ketones is 1. The Morgan fingerprint density at radius 3 is 2.06 bits per heavy atom. The Kier molecular flexibility index (Phi) is 11.0. The summed E-state index contributed by atoms with van der Waals surface area (Å²) < 4.78 is 77.2. The van der Waals surface area contributed by atoms with E-state index in [1.807, 2.05) is 42.5 Å². The molecular weight excluding hydrogens is 722 g/mol. The van der Waals surface area contributed by atoms with E-state index in [9.17, 15) is 30.8 Å². The molecule has 14 heteroatoms. The quantitative estimate of drug-likeness (QED) is 0.161. The molecule has 5 aromatic carbocycles. The molecule has 0 saturated carbocycles. The van der Waals surface area contributed by atoms with Crippen molar-refractivity contribution < 1.29 is 40.1 Å². The van der Waals surface area contributed by atoms with Gasteiger partial charge in [0.15, 0.2) is 12.4 Å². The molecule has 5 aromatic rings. The number of fused-ring (bicyclic) bond motifs is 2. The van der Waals surface area contributed by atoms with Crippen molar-refractivity contribution in [1.82, 2.24) is 14.1 Å². The molecule has 0 bridgehead atoms. The minimum atomic E-state index is -4.28. The second-order valence-electron chi connectivity index (χ2n) is 12.4. The molecule has 274 valence electrons. The highest BCUT2D eigenvalue weighted by Crippen LogP contribution is 2.38. The van der Waals surface area contributed by atoms with Gasteiger partial charge in [-0.05, 0) is 52.7 Å². The SMILES string of the molecule is CN1C(C(=O)c2ccc3ccccc3c2)=C(OCC(=O)N2CCN(Cc3ccccc3)CC2)c2ccc(F)cc2S1(=O)=O.O=S(=O)(O)c1ccccc1. The van der Waals surface area contributed by atoms with Crippen LogP contribution in [-0.4, -0.2) is 87.0 Å². The Morgan fingerprint density at radius 2 is 1.42 bits per heavy atom. The third-order valence-corrected chi connectivity index (χ3v) is 11.6. The third kappa shape index (κ3) is 8.47. The van der Waals surface area contributed by atoms with E-state index in [0.29, 0.717) is 26.2 Å². The summed E-state index contributed by atoms with van der Waals surface area (Å²) in [6, 6.07) is 33.4. The van der Waals surface area contributed by atoms with Crippen molar-refractivity contribution in [1.29, 1.82) is 0 Å². The first-order valence-electron chi connectivity index (χ1n) is 16.6. The molecule has 0 aliphatic carbocycles. The van der Waals surface area contributed by atoms with Crippen molar-refractivity contribution in [3.05, 3.63) is 150 Å². The predicted molar refractivity (Wildman–Crippen MR) is 197 cm³/mol. The monoisotopic (exact) mass is 757 g/mol. The molecule has 2 aliphatic heterocycles. The second kappa shape index (κ2) is 15.7. The summed E-state index contributed by atoms with van der Waals surface area (Å²) in [7, 11) is -7.05. The number of allylic oxidation sites excluding steroid dienone is 1. The largest absolute Gasteiger partial charge is 0.481 e. The van der Waals surface area contributed by atoms with Crippen LogP contribution in [0.2, 0.25) is 0 Å². The van der Waals surface area contributed by atoms with E-state index in [1.165, 1.54) is 30.8 Å². The number of carbonyl (C=O) groups excluding carboxylic acids is 2. The van der Waals surface area contributed by atoms with E-state index >= 15 is 0 Å². The smallest absolute Gasteiger partial charge is 0.294 e. The van der Waals surface area contributed by atoms with E-state index < -0.39 is 38.3 Å². The molecule has 0 atom stereocenters. The van der Waals surface area contributed by atoms with Gasteiger partial charge in [0.2, 0.25) is 5.78 Å². The third-order valence-electron chi connectivity index (χ3n) is 8.94. The fraction of sp³-hybridized carbons (Fsp3) is 0.179. The van der Waals surface area contributed by atoms with Crippen molar-refractivity contribution in [3.8, 4) is 0 Å². The maximum Gasteiger partial charge on any atom is 0.294 e. The zero-order valence-corrected chi connectivity index (χ0v) is 30.3. The number of hydrogen-bond donors (Lipinski definition) is 1. The number of nitrogens with zero attached hydrogens (tertiary/aromatic N) is 3. The van der Waals surface area contributed by atoms with Crippen molar-refractivity contribution in [3.63, 3.8) is 0 Å². The minimum absolute atomic E-state index is 0.0316. The number of hydrogen-bond acceptors (Lipinski definition) is 8. The molecular formula is C39H36FN3O8S2. The number of benzene rings is 5. The van der Waals surface area contributed by atoms with Gasteiger partial charge < -0.3 is 9.64 Å². The van der Waals surface area contributed by atoms with Gasteiger partial charge in [-0.25, -0.2) is 12.8 Å². The highest BCUT2D eigenvalue weighted by Gasteiger charge is 2.40. The van der Waals surface area contributed by atoms with E-state index in [0.717, 1.165) is 33.8 Å². The van der Waals surface area contributed by atoms with Crippen LogP contribution in [0.1, 0.15) is 21.5 Å². The number of sulfonamides is 1. The summed E-state index contributed by atoms with van der Waals surface area (Å²) >= 11 is 0. The van der Waals surface area contributed by atoms with Gasteiger partial charge in [0.1, 0.15) is 16.4 Å². The Balaban J connectivity index is 0.000000417. The summed E-state index contributed by atoms with van der Waals surface area (Å²) in [6.45, 7) is 2.78. The predicted octanol–water partition coefficient (Wildman–Crippen LogP) is 5.46. The lowest BCUT2D eigenvalue weighted by Gasteiger charge is -2.35. The number of carbonyl (C=O) groups is 2. The van der Waals surface area contributed by atoms with Crippen LogP contribution in [0, 0.1) is 5.82 Å². The first-order valence-corrected chi connectivity index (χ1v) is 19.5. The van der Waals surface area contributed by atoms with Gasteiger partial charge in [-0.1, -0.05) is 84.9 Å². The summed E-state index contributed by atoms with van der Waals surface area (Å²) in [6.07, 6.45) is 0. The maximum atomic E-state index is 14.2. The Labute approximate surface area is 307 Å². The van der Waals surface area contributed by atoms with Crippen LogP contribution in [0.25, 0.3) is 16.5 Å². The van der Waals surface area contributed by atoms with Gasteiger partial charge in [-0.15, -0.1) is 0 Å². The zero-order chi connectivity index (χ0) is 37.8. The second-order valence-corrected chi connectivity index (χ2v) is 15.8. The average molecular weight is 758 g/mol. The standard InChI is InChI=1S/C33H30FN3O5S.C6H6O3S/c1-35-31(32(39)26-12-11-24-9-5-6-10-25(24)19-26)33(28-14-13-27(34)20-29(28)43(35,40)41)42-22-30(38)37-17-15-36(16-18-37)21-23-7-3-2-4-8-23;7-10(8,9)6-4-2-1-3-5-6/h2-14,19-20H,15-18,21-22H2,1H3;1-5H,(H,7,8,9). The summed E-state index contributed by atoms with van der Waals surface area (Å²) in [5.74, 6) is -1.71. The molecule has 1 N–H and O–H groups in total. The molecule has 0 unspecified atom stereocenters. The van der Waals surface area contributed by atoms with Crippen molar-refractivity contribution in [2.75, 3.05) is 39.8 Å². The van der Waals surface area contributed by atoms with Gasteiger partial charge in [0.25, 0.3) is 26.0 Å². The minimum Gasteiger partial charge on any atom is -0.481 e. The number of piperazine rings is 1. The Hall–Kier alpha value is -5.41. The summed E-state index contributed by atoms with van der Waals surface area (Å²) in [5, 5.41) is 1.73. The number of ether oxygens (including phenoxy) is 1. The lowest BCUT2D eigenvalue weighted by atomic mass is 10.0. The summed E-state index contributed by atoms with van der Waals surface area (Å²) in [4.78, 5) is 30.8. The number of amides is 1. The fourth-order valence-electron chi connectivity index (χ4n) is 6.11. The van der Waals surface area contributed by atoms with Crippen molar-refractivity contribution >= 4 is 48.4 Å². The highest BCUT2D eigenvalue weighted by molar-refractivity contribution is 7.89. The molecule has 1 amide bonds. The van der Waals surface area contributed by atoms with Crippen molar-refractivity contribution in [2.24, 2.45) is 0 Å². The molecule has 0 radical (unpaired) electrons. The number of Topliss-reactive ketones (excluding diaryl/α,β-unsaturated/α-hetero) is 1. The molecule has 2 heterocycles. The van der Waals surface area contributed by atoms with Crippen LogP contribution >= 0.6 is 0 Å². The average Bonchev–Trinajstić information content (AvgIpc) is 3.16. The zero-order valence-electron chi connectivity index (χ0n) is 28.6. The molecule has 0 aromatic heterocycles. The molecule has 53 heavy (non-hydrogen) atoms. The van der Waals surface area contributed by atoms with Crippen LogP contribution in [0.3, 0.4) is 0 Å². The van der Waals surface area contributed by atoms with Gasteiger partial charge in [0, 0.05) is 50.9 Å². The molecule has 1 saturated heterocycles. The Bertz CT molecular complexity index is 2400. The van der Waals surface area contributed by atoms with Crippen LogP contribution in [0.15, 0.2) is 137 Å². The van der Waals surface area contributed by atoms with Gasteiger partial charge in [0.05, 0.1) is 4.90 Å². The topological polar surface area (TPSA) is 142 Å². The van der Waals surface area contributed by atoms with Crippen LogP contribution in [-0.2, 0) is 36.2 Å². The van der Waals surface area contributed by atoms with E-state index in [2.05, 4.69) is 17.0 Å². The van der Waals surface area contributed by atoms with Crippen LogP contribution in [0.4, 0.5) is 4.39 Å². The first kappa shape index (κ1) is 37.4. The maximum absolute atomic E-state index is 14.2. The van der Waals surface area contributed by atoms with Gasteiger partial charge >= 0.3 is 0 Å². The number of likely N-dealkylation sites (N-methyl/N-ethyl adjacent to an activating group) is 1. The van der Waals surface area contributed by atoms with E-state index in [4.69, 9.17) is 9.29 Å². The Morgan fingerprint density at radius 1 is 0.792 bits per heavy atom. The number of halogens is 1. The molecule has 11 nitrogen and oxygen atoms in total. The normalized spacial score (nSPS) is 15.7. The highest BCUT2D eigenvalue weighted by atomic mass is 32.2. The van der Waals surface area contributed by atoms with Crippen LogP contribution < -0.4 is 0 Å². The molecule has 2 aliphatic rings. The molecule has 7 rings (SSSR count). The first-order chi connectivity index (χ1) is 25.3. The number of rotatable bonds is 8. The van der Waals surface area contributed by atoms with E-state index in [-0.39, 0.29) is 38.3 Å². The lowest BCUT2D eigenvalue weighted by Crippen LogP contribution is -2.49. The van der Waals surface area contributed by atoms with Crippen LogP contribution in [0.5, 0.6) is 0 Å². The molecule has 0 spiro atoms. The molecule has 1 fully saturated rings. The van der Waals surface area contributed by atoms with Crippen molar-refractivity contribution in [2.45, 2.75) is 16.3 Å².